The van der Waals surface area contributed by atoms with Crippen LogP contribution in [0, 0.1) is 5.92 Å². The fourth-order valence-corrected chi connectivity index (χ4v) is 15.1. The van der Waals surface area contributed by atoms with Crippen LogP contribution in [0.3, 0.4) is 0 Å². The van der Waals surface area contributed by atoms with Crippen molar-refractivity contribution in [2.24, 2.45) is 39.6 Å². The molecule has 4 aliphatic heterocycles. The summed E-state index contributed by atoms with van der Waals surface area (Å²) in [7, 11) is 0. The molecule has 0 aromatic heterocycles. The molecule has 12 atom stereocenters. The van der Waals surface area contributed by atoms with Gasteiger partial charge in [0, 0.05) is 73.4 Å². The first kappa shape index (κ1) is 84.7. The lowest BCUT2D eigenvalue weighted by molar-refractivity contribution is -0.148. The van der Waals surface area contributed by atoms with Crippen LogP contribution >= 0.6 is 35.3 Å². The number of carbonyl (C=O) groups excluding carboxylic acids is 14. The standard InChI is InChI=1S/C67H98N18O17S3/c1-35(2)22-45-65(101)85-21-9-14-51(85)66(102)84-20-8-13-50(84)64(100)83-49-34-105-31-40-24-38(23-39(25-40)30-104-33-48(81-55(91)36(3)68)62(98)75-41(12-7-19-73-67(71)72)57(93)76-42(58(94)79-45)15-17-52(69)87)29-103-32-47(56(92)74-27-53(70)88)82-59(95)43(16-18-54(89)90)77-60(96)44(26-37-10-5-4-6-11-37)78-61(97)46(28-86)80-63(49)99/h4-6,10-11,23-25,35-36,41-51,86H,7-9,12-22,26-34,68H2,1-3H3,(H2,69,87)(H2,70,88)(H,74,92)(H,75,98)(H,76,93)(H,77,96)(H,78,97)(H,79,94)(H,80,99)(H,81,91)(H,82,95)(H,83,100)(H,89,90)(H4,71,72,73)/t36-,41-,42-,43-,44-,45-,46-,47-,48-,49-,50-,51-/m0/s1. The van der Waals surface area contributed by atoms with Gasteiger partial charge < -0.3 is 102 Å². The fraction of sp³-hybridized carbons (Fsp3) is 0.582. The summed E-state index contributed by atoms with van der Waals surface area (Å²) in [6, 6.07) is -3.67. The van der Waals surface area contributed by atoms with E-state index in [1.165, 1.54) is 16.7 Å². The molecule has 4 aliphatic rings. The summed E-state index contributed by atoms with van der Waals surface area (Å²) in [6.07, 6.45) is -1.40. The minimum absolute atomic E-state index is 0.0184. The van der Waals surface area contributed by atoms with Crippen LogP contribution < -0.4 is 81.8 Å². The van der Waals surface area contributed by atoms with Crippen molar-refractivity contribution in [3.63, 3.8) is 0 Å². The maximum atomic E-state index is 15.0. The van der Waals surface area contributed by atoms with Gasteiger partial charge in [-0.15, -0.1) is 0 Å². The van der Waals surface area contributed by atoms with E-state index in [2.05, 4.69) is 58.2 Å². The number of thioether (sulfide) groups is 3. The van der Waals surface area contributed by atoms with E-state index in [0.717, 1.165) is 35.3 Å². The van der Waals surface area contributed by atoms with Crippen LogP contribution in [-0.4, -0.2) is 237 Å². The second-order valence-electron chi connectivity index (χ2n) is 26.5. The predicted octanol–water partition coefficient (Wildman–Crippen LogP) is -4.83. The fourth-order valence-electron chi connectivity index (χ4n) is 12.1. The van der Waals surface area contributed by atoms with Crippen molar-refractivity contribution in [3.8, 4) is 0 Å². The minimum atomic E-state index is -1.82. The van der Waals surface area contributed by atoms with E-state index >= 15 is 4.79 Å². The Morgan fingerprint density at radius 2 is 1.10 bits per heavy atom. The molecule has 576 valence electrons. The van der Waals surface area contributed by atoms with Crippen molar-refractivity contribution in [1.29, 1.82) is 0 Å². The van der Waals surface area contributed by atoms with Crippen molar-refractivity contribution in [1.82, 2.24) is 63.0 Å². The molecular weight excluding hydrogens is 1430 g/mol. The van der Waals surface area contributed by atoms with Crippen molar-refractivity contribution >= 4 is 130 Å². The van der Waals surface area contributed by atoms with Crippen LogP contribution in [0.4, 0.5) is 0 Å². The number of aliphatic carboxylic acids is 1. The molecule has 0 radical (unpaired) electrons. The Kier molecular flexibility index (Phi) is 33.9. The molecule has 2 aromatic carbocycles. The summed E-state index contributed by atoms with van der Waals surface area (Å²) in [4.78, 5) is 217. The monoisotopic (exact) mass is 1520 g/mol. The van der Waals surface area contributed by atoms with Gasteiger partial charge in [0.1, 0.15) is 66.5 Å². The Morgan fingerprint density at radius 3 is 1.67 bits per heavy atom. The number of nitrogens with one attached hydrogen (secondary N) is 10. The molecular formula is C67H98N18O17S3. The Hall–Kier alpha value is -9.27. The lowest BCUT2D eigenvalue weighted by atomic mass is 10.0. The van der Waals surface area contributed by atoms with Crippen LogP contribution in [0.25, 0.3) is 0 Å². The van der Waals surface area contributed by atoms with Gasteiger partial charge in [0.05, 0.1) is 19.2 Å². The van der Waals surface area contributed by atoms with Crippen molar-refractivity contribution in [2.75, 3.05) is 50.0 Å². The molecule has 0 aliphatic carbocycles. The smallest absolute Gasteiger partial charge is 0.303 e. The van der Waals surface area contributed by atoms with Crippen LogP contribution in [0.1, 0.15) is 114 Å². The molecule has 6 rings (SSSR count). The first-order valence-corrected chi connectivity index (χ1v) is 38.1. The third kappa shape index (κ3) is 27.3. The summed E-state index contributed by atoms with van der Waals surface area (Å²) in [5.41, 5.74) is 30.5. The molecule has 0 saturated carbocycles. The lowest BCUT2D eigenvalue weighted by Gasteiger charge is -2.34. The van der Waals surface area contributed by atoms with E-state index in [-0.39, 0.29) is 111 Å². The van der Waals surface area contributed by atoms with Gasteiger partial charge in [-0.2, -0.15) is 35.3 Å². The molecule has 105 heavy (non-hydrogen) atoms. The number of aliphatic hydroxyl groups excluding tert-OH is 1. The maximum absolute atomic E-state index is 15.0. The summed E-state index contributed by atoms with van der Waals surface area (Å²) < 4.78 is 0. The number of aliphatic hydroxyl groups is 1. The van der Waals surface area contributed by atoms with Crippen LogP contribution in [0.5, 0.6) is 0 Å². The second-order valence-corrected chi connectivity index (χ2v) is 29.6. The van der Waals surface area contributed by atoms with Crippen molar-refractivity contribution in [3.05, 3.63) is 70.8 Å². The number of rotatable bonds is 20. The molecule has 4 bridgehead atoms. The summed E-state index contributed by atoms with van der Waals surface area (Å²) in [5.74, 6) is -14.5. The number of hydrogen-bond acceptors (Lipinski definition) is 21. The number of amides is 14. The van der Waals surface area contributed by atoms with Gasteiger partial charge in [0.2, 0.25) is 82.7 Å². The van der Waals surface area contributed by atoms with E-state index < -0.39 is 194 Å². The molecule has 35 nitrogen and oxygen atoms in total. The number of carbonyl (C=O) groups is 15. The second kappa shape index (κ2) is 42.0. The first-order chi connectivity index (χ1) is 49.9. The summed E-state index contributed by atoms with van der Waals surface area (Å²) in [5, 5.41) is 46.7. The molecule has 2 saturated heterocycles. The number of carboxylic acid groups (broad SMARTS) is 1. The van der Waals surface area contributed by atoms with Gasteiger partial charge >= 0.3 is 5.97 Å². The van der Waals surface area contributed by atoms with Crippen LogP contribution in [0.15, 0.2) is 53.5 Å². The number of carboxylic acids is 1. The van der Waals surface area contributed by atoms with Gasteiger partial charge in [0.25, 0.3) is 0 Å². The third-order valence-corrected chi connectivity index (χ3v) is 20.7. The lowest BCUT2D eigenvalue weighted by Crippen LogP contribution is -2.61. The summed E-state index contributed by atoms with van der Waals surface area (Å²) in [6.45, 7) is 3.34. The zero-order valence-corrected chi connectivity index (χ0v) is 61.3. The van der Waals surface area contributed by atoms with E-state index in [0.29, 0.717) is 35.1 Å². The Morgan fingerprint density at radius 1 is 0.581 bits per heavy atom. The zero-order valence-electron chi connectivity index (χ0n) is 58.9. The highest BCUT2D eigenvalue weighted by Gasteiger charge is 2.45. The first-order valence-electron chi connectivity index (χ1n) is 34.6. The highest BCUT2D eigenvalue weighted by atomic mass is 32.2. The molecule has 2 aromatic rings. The molecule has 14 amide bonds. The quantitative estimate of drug-likeness (QED) is 0.0336. The molecule has 4 heterocycles. The van der Waals surface area contributed by atoms with E-state index in [9.17, 15) is 77.3 Å². The Labute approximate surface area is 620 Å². The molecule has 0 unspecified atom stereocenters. The van der Waals surface area contributed by atoms with E-state index in [4.69, 9.17) is 28.7 Å². The van der Waals surface area contributed by atoms with Gasteiger partial charge in [0.15, 0.2) is 5.96 Å². The van der Waals surface area contributed by atoms with Gasteiger partial charge in [-0.25, -0.2) is 0 Å². The number of benzene rings is 2. The Balaban J connectivity index is 1.49. The SMILES string of the molecule is CC(C)C[C@@H]1NC(=O)[C@H](CCC(N)=O)NC(=O)[C@H](CCCN=C(N)N)NC(=O)[C@@H](NC(=O)[C@H](C)N)CSCc2cc3cc(c2)CSC[C@H](NC(=O)[C@@H]2CCCN2C(=O)[C@@H]2CCCN2C1=O)C(=O)N[C@@H](CO)C(=O)N[C@@H](Cc1ccccc1)C(=O)N[C@@H](CCC(=O)O)C(=O)N[C@H](C(=O)NCC(N)=O)CSC3. The topological polar surface area (TPSA) is 566 Å². The Bertz CT molecular complexity index is 3500. The number of aliphatic imine (C=N–C) groups is 1. The van der Waals surface area contributed by atoms with E-state index in [1.54, 1.807) is 62.4 Å². The highest BCUT2D eigenvalue weighted by Crippen LogP contribution is 2.29. The van der Waals surface area contributed by atoms with Crippen molar-refractivity contribution in [2.45, 2.75) is 188 Å². The molecule has 38 heteroatoms. The predicted molar refractivity (Wildman–Crippen MR) is 390 cm³/mol. The summed E-state index contributed by atoms with van der Waals surface area (Å²) >= 11 is 3.44. The average molecular weight is 1520 g/mol. The number of nitrogens with zero attached hydrogens (tertiary/aromatic N) is 3. The number of guanidine groups is 1. The zero-order chi connectivity index (χ0) is 77.0. The number of fused-ring (bicyclic) bond motifs is 7. The normalized spacial score (nSPS) is 25.2. The molecule has 2 fully saturated rings. The molecule has 22 N–H and O–H groups in total. The van der Waals surface area contributed by atoms with Gasteiger partial charge in [-0.1, -0.05) is 62.4 Å². The molecule has 0 spiro atoms. The van der Waals surface area contributed by atoms with Crippen LogP contribution in [0.2, 0.25) is 0 Å². The number of primary amides is 2. The third-order valence-electron chi connectivity index (χ3n) is 17.4. The van der Waals surface area contributed by atoms with E-state index in [1.807, 2.05) is 0 Å². The van der Waals surface area contributed by atoms with Crippen LogP contribution in [-0.2, 0) is 95.6 Å². The number of hydrogen-bond donors (Lipinski definition) is 17. The van der Waals surface area contributed by atoms with Gasteiger partial charge in [-0.3, -0.25) is 76.9 Å². The average Bonchev–Trinajstić information content (AvgIpc) is 1.68. The van der Waals surface area contributed by atoms with Crippen molar-refractivity contribution < 1.29 is 82.1 Å². The number of nitrogens with two attached hydrogens (primary N) is 5. The highest BCUT2D eigenvalue weighted by molar-refractivity contribution is 7.99. The van der Waals surface area contributed by atoms with Gasteiger partial charge in [-0.05, 0) is 92.9 Å². The minimum Gasteiger partial charge on any atom is -0.481 e. The largest absolute Gasteiger partial charge is 0.481 e. The maximum Gasteiger partial charge on any atom is 0.303 e.